The zero-order chi connectivity index (χ0) is 16.9. The second-order valence-electron chi connectivity index (χ2n) is 6.93. The first-order chi connectivity index (χ1) is 11.5. The lowest BCUT2D eigenvalue weighted by atomic mass is 9.74. The number of rotatable bonds is 2. The number of carbonyl (C=O) groups excluding carboxylic acids is 1. The predicted molar refractivity (Wildman–Crippen MR) is 90.9 cm³/mol. The van der Waals surface area contributed by atoms with E-state index in [0.717, 1.165) is 49.5 Å². The molecule has 6 nitrogen and oxygen atoms in total. The number of fused-ring (bicyclic) bond motifs is 2. The van der Waals surface area contributed by atoms with Gasteiger partial charge >= 0.3 is 6.09 Å². The van der Waals surface area contributed by atoms with Crippen molar-refractivity contribution in [3.63, 3.8) is 0 Å². The van der Waals surface area contributed by atoms with Crippen LogP contribution in [-0.4, -0.2) is 43.3 Å². The van der Waals surface area contributed by atoms with Crippen LogP contribution in [0.1, 0.15) is 18.4 Å². The molecule has 2 bridgehead atoms. The summed E-state index contributed by atoms with van der Waals surface area (Å²) in [6.07, 6.45) is 3.67. The molecule has 4 heterocycles. The van der Waals surface area contributed by atoms with Crippen LogP contribution >= 0.6 is 0 Å². The Morgan fingerprint density at radius 2 is 2.08 bits per heavy atom. The fourth-order valence-corrected chi connectivity index (χ4v) is 4.24. The van der Waals surface area contributed by atoms with Gasteiger partial charge in [0.05, 0.1) is 12.8 Å². The van der Waals surface area contributed by atoms with Crippen molar-refractivity contribution in [2.24, 2.45) is 11.7 Å². The molecule has 4 aliphatic heterocycles. The van der Waals surface area contributed by atoms with Gasteiger partial charge in [0.1, 0.15) is 11.6 Å². The molecule has 0 radical (unpaired) electrons. The molecule has 6 heteroatoms. The summed E-state index contributed by atoms with van der Waals surface area (Å²) in [5.74, 6) is 1.57. The van der Waals surface area contributed by atoms with Gasteiger partial charge < -0.3 is 15.2 Å². The largest absolute Gasteiger partial charge is 0.497 e. The third kappa shape index (κ3) is 2.24. The van der Waals surface area contributed by atoms with Crippen LogP contribution in [0.15, 0.2) is 30.1 Å². The van der Waals surface area contributed by atoms with Gasteiger partial charge in [-0.25, -0.2) is 9.69 Å². The zero-order valence-corrected chi connectivity index (χ0v) is 14.1. The molecule has 1 unspecified atom stereocenters. The molecule has 0 aromatic heterocycles. The number of amides is 1. The number of hydrogen-bond donors (Lipinski definition) is 1. The first kappa shape index (κ1) is 15.3. The topological polar surface area (TPSA) is 68.0 Å². The van der Waals surface area contributed by atoms with Gasteiger partial charge in [-0.15, -0.1) is 0 Å². The number of nitrogens with two attached hydrogens (primary N) is 1. The summed E-state index contributed by atoms with van der Waals surface area (Å²) in [4.78, 5) is 16.6. The van der Waals surface area contributed by atoms with Crippen LogP contribution in [0, 0.1) is 12.8 Å². The Morgan fingerprint density at radius 1 is 1.33 bits per heavy atom. The highest BCUT2D eigenvalue weighted by atomic mass is 16.6. The Bertz CT molecular complexity index is 709. The van der Waals surface area contributed by atoms with Crippen LogP contribution in [0.25, 0.3) is 0 Å². The van der Waals surface area contributed by atoms with E-state index in [-0.39, 0.29) is 0 Å². The second kappa shape index (κ2) is 5.41. The fourth-order valence-electron chi connectivity index (χ4n) is 4.24. The lowest BCUT2D eigenvalue weighted by molar-refractivity contribution is -0.0860. The maximum absolute atomic E-state index is 12.8. The molecule has 1 aromatic carbocycles. The third-order valence-corrected chi connectivity index (χ3v) is 5.50. The van der Waals surface area contributed by atoms with Crippen molar-refractivity contribution in [3.8, 4) is 5.75 Å². The van der Waals surface area contributed by atoms with E-state index in [4.69, 9.17) is 15.2 Å². The number of benzene rings is 1. The molecule has 4 aliphatic rings. The van der Waals surface area contributed by atoms with E-state index in [2.05, 4.69) is 4.90 Å². The van der Waals surface area contributed by atoms with E-state index in [1.165, 1.54) is 4.90 Å². The van der Waals surface area contributed by atoms with Crippen molar-refractivity contribution in [1.29, 1.82) is 0 Å². The van der Waals surface area contributed by atoms with Crippen molar-refractivity contribution in [2.45, 2.75) is 25.4 Å². The number of methoxy groups -OCH3 is 1. The molecule has 5 rings (SSSR count). The Hall–Kier alpha value is -2.21. The minimum atomic E-state index is -0.561. The highest BCUT2D eigenvalue weighted by Crippen LogP contribution is 2.43. The quantitative estimate of drug-likeness (QED) is 0.901. The van der Waals surface area contributed by atoms with Gasteiger partial charge in [0, 0.05) is 18.5 Å². The van der Waals surface area contributed by atoms with E-state index < -0.39 is 11.7 Å². The number of aryl methyl sites for hydroxylation is 1. The Balaban J connectivity index is 1.70. The first-order valence-corrected chi connectivity index (χ1v) is 8.41. The minimum Gasteiger partial charge on any atom is -0.497 e. The smallest absolute Gasteiger partial charge is 0.421 e. The maximum atomic E-state index is 12.8. The van der Waals surface area contributed by atoms with E-state index in [0.29, 0.717) is 11.7 Å². The summed E-state index contributed by atoms with van der Waals surface area (Å²) in [5, 5.41) is 0. The number of hydrogen-bond acceptors (Lipinski definition) is 5. The van der Waals surface area contributed by atoms with Crippen LogP contribution in [0.3, 0.4) is 0 Å². The number of carbonyl (C=O) groups is 1. The molecule has 24 heavy (non-hydrogen) atoms. The summed E-state index contributed by atoms with van der Waals surface area (Å²) in [6.45, 7) is 4.84. The van der Waals surface area contributed by atoms with Gasteiger partial charge in [-0.2, -0.15) is 0 Å². The Labute approximate surface area is 141 Å². The minimum absolute atomic E-state index is 0.365. The number of ether oxygens (including phenoxy) is 2. The van der Waals surface area contributed by atoms with Crippen LogP contribution in [0.5, 0.6) is 5.75 Å². The Kier molecular flexibility index (Phi) is 3.46. The molecule has 1 atom stereocenters. The molecule has 0 aliphatic carbocycles. The molecular weight excluding hydrogens is 306 g/mol. The molecule has 1 spiro atoms. The van der Waals surface area contributed by atoms with Crippen molar-refractivity contribution in [1.82, 2.24) is 4.90 Å². The fraction of sp³-hybridized carbons (Fsp3) is 0.500. The van der Waals surface area contributed by atoms with E-state index >= 15 is 0 Å². The Morgan fingerprint density at radius 3 is 2.62 bits per heavy atom. The lowest BCUT2D eigenvalue weighted by Crippen LogP contribution is -2.63. The first-order valence-electron chi connectivity index (χ1n) is 8.41. The summed E-state index contributed by atoms with van der Waals surface area (Å²) in [7, 11) is 1.62. The maximum Gasteiger partial charge on any atom is 0.421 e. The molecule has 2 N–H and O–H groups in total. The van der Waals surface area contributed by atoms with Gasteiger partial charge in [-0.1, -0.05) is 0 Å². The van der Waals surface area contributed by atoms with Gasteiger partial charge in [-0.05, 0) is 56.6 Å². The van der Waals surface area contributed by atoms with Gasteiger partial charge in [0.15, 0.2) is 5.60 Å². The van der Waals surface area contributed by atoms with Crippen molar-refractivity contribution >= 4 is 11.8 Å². The van der Waals surface area contributed by atoms with Crippen LogP contribution in [0.2, 0.25) is 0 Å². The van der Waals surface area contributed by atoms with Gasteiger partial charge in [-0.3, -0.25) is 4.90 Å². The summed E-state index contributed by atoms with van der Waals surface area (Å²) < 4.78 is 11.2. The van der Waals surface area contributed by atoms with Crippen molar-refractivity contribution in [3.05, 3.63) is 35.7 Å². The van der Waals surface area contributed by atoms with E-state index in [1.54, 1.807) is 7.11 Å². The van der Waals surface area contributed by atoms with Gasteiger partial charge in [0.2, 0.25) is 0 Å². The normalized spacial score (nSPS) is 31.8. The molecular formula is C18H23N3O3. The standard InChI is InChI=1S/C18H23N3O3/c1-12-9-14(23-2)3-4-15(12)21-16(19)10-18(24-17(21)22)11-20-7-5-13(18)6-8-20/h3-4,9-10,13H,5-8,11,19H2,1-2H3. The average molecular weight is 329 g/mol. The number of anilines is 1. The molecule has 1 aromatic rings. The lowest BCUT2D eigenvalue weighted by Gasteiger charge is -2.53. The number of nitrogens with zero attached hydrogens (tertiary/aromatic N) is 2. The van der Waals surface area contributed by atoms with Crippen LogP contribution in [-0.2, 0) is 4.74 Å². The molecule has 128 valence electrons. The van der Waals surface area contributed by atoms with E-state index in [9.17, 15) is 4.79 Å². The molecule has 0 saturated carbocycles. The second-order valence-corrected chi connectivity index (χ2v) is 6.93. The highest BCUT2D eigenvalue weighted by molar-refractivity contribution is 5.93. The summed E-state index contributed by atoms with van der Waals surface area (Å²) in [6, 6.07) is 5.54. The third-order valence-electron chi connectivity index (χ3n) is 5.50. The zero-order valence-electron chi connectivity index (χ0n) is 14.1. The number of piperidine rings is 3. The molecule has 3 fully saturated rings. The summed E-state index contributed by atoms with van der Waals surface area (Å²) >= 11 is 0. The highest BCUT2D eigenvalue weighted by Gasteiger charge is 2.51. The van der Waals surface area contributed by atoms with Crippen LogP contribution < -0.4 is 15.4 Å². The van der Waals surface area contributed by atoms with Crippen molar-refractivity contribution < 1.29 is 14.3 Å². The van der Waals surface area contributed by atoms with E-state index in [1.807, 2.05) is 31.2 Å². The monoisotopic (exact) mass is 329 g/mol. The molecule has 3 saturated heterocycles. The van der Waals surface area contributed by atoms with Crippen molar-refractivity contribution in [2.75, 3.05) is 31.6 Å². The molecule has 1 amide bonds. The SMILES string of the molecule is COc1ccc(N2C(=O)OC3(C=C2N)CN2CCC3CC2)c(C)c1. The van der Waals surface area contributed by atoms with Crippen LogP contribution in [0.4, 0.5) is 10.5 Å². The summed E-state index contributed by atoms with van der Waals surface area (Å²) in [5.41, 5.74) is 7.39. The van der Waals surface area contributed by atoms with Gasteiger partial charge in [0.25, 0.3) is 0 Å². The predicted octanol–water partition coefficient (Wildman–Crippen LogP) is 2.22. The average Bonchev–Trinajstić information content (AvgIpc) is 2.56.